The monoisotopic (exact) mass is 563 g/mol. The van der Waals surface area contributed by atoms with Gasteiger partial charge in [-0.1, -0.05) is 42.8 Å². The molecule has 3 rings (SSSR count). The van der Waals surface area contributed by atoms with Crippen LogP contribution < -0.4 is 38.5 Å². The second-order valence-corrected chi connectivity index (χ2v) is 10.3. The molecule has 10 nitrogen and oxygen atoms in total. The van der Waals surface area contributed by atoms with Crippen molar-refractivity contribution in [2.45, 2.75) is 25.9 Å². The van der Waals surface area contributed by atoms with Crippen molar-refractivity contribution in [3.63, 3.8) is 0 Å². The molecule has 1 aromatic rings. The van der Waals surface area contributed by atoms with Gasteiger partial charge < -0.3 is 38.2 Å². The Morgan fingerprint density at radius 1 is 1.12 bits per heavy atom. The highest BCUT2D eigenvalue weighted by Crippen LogP contribution is 2.29. The maximum atomic E-state index is 12.2. The van der Waals surface area contributed by atoms with E-state index < -0.39 is 15.9 Å². The van der Waals surface area contributed by atoms with Gasteiger partial charge in [-0.2, -0.15) is 4.72 Å². The van der Waals surface area contributed by atoms with E-state index >= 15 is 0 Å². The molecule has 1 atom stereocenters. The second-order valence-electron chi connectivity index (χ2n) is 8.16. The number of sulfonamides is 1. The van der Waals surface area contributed by atoms with Gasteiger partial charge in [0.1, 0.15) is 0 Å². The van der Waals surface area contributed by atoms with E-state index in [4.69, 9.17) is 23.1 Å². The van der Waals surface area contributed by atoms with Crippen LogP contribution in [0, 0.1) is 0 Å². The summed E-state index contributed by atoms with van der Waals surface area (Å²) in [6, 6.07) is 8.48. The van der Waals surface area contributed by atoms with Crippen LogP contribution in [0.1, 0.15) is 30.3 Å². The first-order valence-electron chi connectivity index (χ1n) is 10.1. The number of benzene rings is 1. The van der Waals surface area contributed by atoms with Crippen LogP contribution >= 0.6 is 11.6 Å². The summed E-state index contributed by atoms with van der Waals surface area (Å²) < 4.78 is 26.2. The molecule has 1 aromatic heterocycles. The number of nitrogens with two attached hydrogens (primary N) is 2. The minimum atomic E-state index is -3.34. The molecule has 0 saturated heterocycles. The van der Waals surface area contributed by atoms with Gasteiger partial charge in [-0.3, -0.25) is 4.79 Å². The number of likely N-dealkylation sites (N-methyl/N-ethyl adjacent to an activating group) is 1. The maximum absolute atomic E-state index is 12.2. The van der Waals surface area contributed by atoms with Crippen molar-refractivity contribution in [2.24, 2.45) is 0 Å². The zero-order valence-electron chi connectivity index (χ0n) is 19.1. The van der Waals surface area contributed by atoms with E-state index in [1.54, 1.807) is 0 Å². The van der Waals surface area contributed by atoms with E-state index in [9.17, 15) is 13.2 Å². The number of aromatic nitrogens is 2. The molecule has 0 aromatic carbocycles. The van der Waals surface area contributed by atoms with E-state index in [1.165, 1.54) is 11.1 Å². The van der Waals surface area contributed by atoms with Crippen molar-refractivity contribution in [3.05, 3.63) is 35.1 Å². The predicted molar refractivity (Wildman–Crippen MR) is 127 cm³/mol. The van der Waals surface area contributed by atoms with Crippen LogP contribution in [0.25, 0.3) is 11.1 Å². The lowest BCUT2D eigenvalue weighted by Gasteiger charge is -2.38. The van der Waals surface area contributed by atoms with Gasteiger partial charge in [0, 0.05) is 6.42 Å². The molecule has 2 aliphatic rings. The largest absolute Gasteiger partial charge is 1.00 e. The number of nitrogen functional groups attached to an aromatic ring is 2. The van der Waals surface area contributed by atoms with Crippen molar-refractivity contribution in [1.29, 1.82) is 0 Å². The molecule has 0 fully saturated rings. The van der Waals surface area contributed by atoms with Crippen LogP contribution in [0.4, 0.5) is 11.6 Å². The van der Waals surface area contributed by atoms with Crippen molar-refractivity contribution in [1.82, 2.24) is 20.0 Å². The smallest absolute Gasteiger partial charge is 0.273 e. The molecule has 1 unspecified atom stereocenters. The number of nitrogens with one attached hydrogen (secondary N) is 2. The van der Waals surface area contributed by atoms with Crippen LogP contribution in [0.5, 0.6) is 0 Å². The number of carbonyl (C=O) groups excluding carboxylic acids is 1. The van der Waals surface area contributed by atoms with Gasteiger partial charge in [-0.05, 0) is 17.5 Å². The molecule has 0 radical (unpaired) electrons. The predicted octanol–water partition coefficient (Wildman–Crippen LogP) is -1.55. The highest BCUT2D eigenvalue weighted by molar-refractivity contribution is 7.88. The van der Waals surface area contributed by atoms with E-state index in [0.29, 0.717) is 17.4 Å². The van der Waals surface area contributed by atoms with Crippen molar-refractivity contribution < 1.29 is 34.7 Å². The number of hydrogen-bond acceptors (Lipinski definition) is 7. The summed E-state index contributed by atoms with van der Waals surface area (Å²) in [5, 5.41) is 2.59. The lowest BCUT2D eigenvalue weighted by molar-refractivity contribution is -0.916. The Balaban J connectivity index is 0.000000656. The molecule has 184 valence electrons. The average molecular weight is 565 g/mol. The third-order valence-electron chi connectivity index (χ3n) is 5.07. The van der Waals surface area contributed by atoms with Gasteiger partial charge in [0.15, 0.2) is 28.6 Å². The van der Waals surface area contributed by atoms with E-state index in [-0.39, 0.29) is 52.2 Å². The number of halogens is 2. The molecule has 33 heavy (non-hydrogen) atoms. The zero-order valence-corrected chi connectivity index (χ0v) is 22.3. The summed E-state index contributed by atoms with van der Waals surface area (Å²) in [5.41, 5.74) is 13.9. The number of nitrogens with zero attached hydrogens (tertiary/aromatic N) is 3. The minimum Gasteiger partial charge on any atom is -1.00 e. The summed E-state index contributed by atoms with van der Waals surface area (Å²) in [6.07, 6.45) is 2.31. The highest BCUT2D eigenvalue weighted by atomic mass is 79.9. The topological polar surface area (TPSA) is 153 Å². The first kappa shape index (κ1) is 29.0. The number of carbonyl (C=O) groups is 1. The minimum absolute atomic E-state index is 0. The number of amides is 1. The van der Waals surface area contributed by atoms with E-state index in [2.05, 4.69) is 44.3 Å². The van der Waals surface area contributed by atoms with Gasteiger partial charge in [0.2, 0.25) is 10.0 Å². The van der Waals surface area contributed by atoms with Gasteiger partial charge in [0.05, 0.1) is 33.4 Å². The molecule has 1 heterocycles. The fourth-order valence-electron chi connectivity index (χ4n) is 3.04. The van der Waals surface area contributed by atoms with Crippen molar-refractivity contribution >= 4 is 39.2 Å². The zero-order chi connectivity index (χ0) is 24.1. The molecule has 0 aliphatic heterocycles. The second kappa shape index (κ2) is 11.9. The van der Waals surface area contributed by atoms with Crippen LogP contribution in [0.2, 0.25) is 5.15 Å². The number of fused-ring (bicyclic) bond motifs is 1. The summed E-state index contributed by atoms with van der Waals surface area (Å²) in [6.45, 7) is 2.74. The molecule has 2 aliphatic carbocycles. The molecule has 6 N–H and O–H groups in total. The van der Waals surface area contributed by atoms with Gasteiger partial charge in [-0.25, -0.2) is 18.4 Å². The van der Waals surface area contributed by atoms with Crippen LogP contribution in [0.15, 0.2) is 24.3 Å². The normalized spacial score (nSPS) is 12.6. The van der Waals surface area contributed by atoms with Crippen LogP contribution in [-0.4, -0.2) is 68.4 Å². The Morgan fingerprint density at radius 2 is 1.67 bits per heavy atom. The van der Waals surface area contributed by atoms with Crippen molar-refractivity contribution in [3.8, 4) is 11.1 Å². The third kappa shape index (κ3) is 8.38. The molecular weight excluding hydrogens is 534 g/mol. The first-order valence-corrected chi connectivity index (χ1v) is 12.4. The van der Waals surface area contributed by atoms with Crippen LogP contribution in [0.3, 0.4) is 0 Å². The Morgan fingerprint density at radius 3 is 2.09 bits per heavy atom. The number of quaternary nitrogens is 1. The first-order chi connectivity index (χ1) is 14.8. The molecule has 1 amide bonds. The summed E-state index contributed by atoms with van der Waals surface area (Å²) in [5.74, 6) is -0.687. The molecule has 0 bridgehead atoms. The lowest BCUT2D eigenvalue weighted by Crippen LogP contribution is -3.00. The van der Waals surface area contributed by atoms with Gasteiger partial charge >= 0.3 is 0 Å². The van der Waals surface area contributed by atoms with Gasteiger partial charge in [-0.15, -0.1) is 0 Å². The standard InChI is InChI=1S/C14H26ClN7O3S.C6H4.BrH/c1-5-6-9(21-26(4,24)25)22(2,3)8-7-18-14(23)10-12(16)20-13(17)11(15)19-10;1-2-6-4-3-5(1)6;/h9,21H,5-8H2,1-4H3,(H4-,16,17,18,20,23);1-4H;1H. The van der Waals surface area contributed by atoms with Crippen LogP contribution in [-0.2, 0) is 10.0 Å². The molecule has 13 heteroatoms. The molecular formula is C20H31BrClN7O3S. The number of rotatable bonds is 9. The highest BCUT2D eigenvalue weighted by Gasteiger charge is 2.30. The van der Waals surface area contributed by atoms with Crippen molar-refractivity contribution in [2.75, 3.05) is 44.9 Å². The molecule has 0 saturated carbocycles. The number of anilines is 2. The fraction of sp³-hybridized carbons (Fsp3) is 0.450. The Hall–Kier alpha value is -1.99. The summed E-state index contributed by atoms with van der Waals surface area (Å²) in [4.78, 5) is 19.8. The Labute approximate surface area is 210 Å². The maximum Gasteiger partial charge on any atom is 0.273 e. The Kier molecular flexibility index (Phi) is 10.5. The Bertz CT molecular complexity index is 1050. The average Bonchev–Trinajstić information content (AvgIpc) is 2.66. The summed E-state index contributed by atoms with van der Waals surface area (Å²) >= 11 is 5.77. The summed E-state index contributed by atoms with van der Waals surface area (Å²) in [7, 11) is 0.434. The van der Waals surface area contributed by atoms with E-state index in [0.717, 1.165) is 12.7 Å². The molecule has 0 spiro atoms. The SMILES string of the molecule is CCCC(NS(C)(=O)=O)[N+](C)(C)CCNC(=O)c1nc(Cl)c(N)nc1N.[Br-].c1cc2ccc1-2. The van der Waals surface area contributed by atoms with E-state index in [1.807, 2.05) is 21.0 Å². The fourth-order valence-corrected chi connectivity index (χ4v) is 4.06. The quantitative estimate of drug-likeness (QED) is 0.181. The lowest BCUT2D eigenvalue weighted by atomic mass is 9.95. The van der Waals surface area contributed by atoms with Gasteiger partial charge in [0.25, 0.3) is 5.91 Å². The number of hydrogen-bond donors (Lipinski definition) is 4. The third-order valence-corrected chi connectivity index (χ3v) is 6.05.